The molecule has 9 nitrogen and oxygen atoms in total. The Bertz CT molecular complexity index is 1250. The lowest BCUT2D eigenvalue weighted by atomic mass is 9.88. The first kappa shape index (κ1) is 28.1. The highest BCUT2D eigenvalue weighted by Gasteiger charge is 2.51. The molecule has 0 saturated heterocycles. The summed E-state index contributed by atoms with van der Waals surface area (Å²) in [5.41, 5.74) is 5.81. The minimum absolute atomic E-state index is 0.0197. The van der Waals surface area contributed by atoms with Crippen LogP contribution >= 0.6 is 11.6 Å². The fraction of sp³-hybridized carbons (Fsp3) is 0.519. The smallest absolute Gasteiger partial charge is 0.274 e. The van der Waals surface area contributed by atoms with Crippen LogP contribution in [0.2, 0.25) is 5.02 Å². The predicted molar refractivity (Wildman–Crippen MR) is 144 cm³/mol. The molecule has 4 atom stereocenters. The van der Waals surface area contributed by atoms with Crippen molar-refractivity contribution in [1.29, 1.82) is 0 Å². The molecule has 2 unspecified atom stereocenters. The van der Waals surface area contributed by atoms with Crippen molar-refractivity contribution in [2.24, 2.45) is 29.6 Å². The van der Waals surface area contributed by atoms with Gasteiger partial charge < -0.3 is 30.6 Å². The van der Waals surface area contributed by atoms with E-state index in [-0.39, 0.29) is 41.2 Å². The first-order valence-corrected chi connectivity index (χ1v) is 13.0. The number of aliphatic hydroxyl groups is 2. The molecule has 5 N–H and O–H groups in total. The van der Waals surface area contributed by atoms with Gasteiger partial charge in [0, 0.05) is 31.8 Å². The Morgan fingerprint density at radius 1 is 1.39 bits per heavy atom. The number of aromatic nitrogens is 2. The zero-order valence-electron chi connectivity index (χ0n) is 22.0. The number of rotatable bonds is 8. The van der Waals surface area contributed by atoms with E-state index in [2.05, 4.69) is 15.3 Å². The number of halogens is 2. The molecule has 1 amide bonds. The monoisotopic (exact) mass is 547 g/mol. The molecule has 0 radical (unpaired) electrons. The maximum atomic E-state index is 13.5. The highest BCUT2D eigenvalue weighted by molar-refractivity contribution is 6.31. The molecular weight excluding hydrogens is 513 g/mol. The van der Waals surface area contributed by atoms with Crippen LogP contribution in [-0.2, 0) is 11.8 Å². The number of carbonyl (C=O) groups excluding carboxylic acids is 1. The zero-order valence-corrected chi connectivity index (χ0v) is 22.8. The van der Waals surface area contributed by atoms with Gasteiger partial charge in [0.05, 0.1) is 28.4 Å². The highest BCUT2D eigenvalue weighted by Crippen LogP contribution is 2.54. The summed E-state index contributed by atoms with van der Waals surface area (Å²) in [6.07, 6.45) is 5.73. The molecule has 0 spiro atoms. The molecule has 1 aromatic carbocycles. The Balaban J connectivity index is 1.44. The number of anilines is 1. The van der Waals surface area contributed by atoms with Gasteiger partial charge >= 0.3 is 0 Å². The van der Waals surface area contributed by atoms with Gasteiger partial charge in [-0.3, -0.25) is 9.79 Å². The van der Waals surface area contributed by atoms with Crippen LogP contribution in [0.5, 0.6) is 0 Å². The molecular formula is C27H35ClFN5O4. The van der Waals surface area contributed by atoms with Crippen molar-refractivity contribution in [3.63, 3.8) is 0 Å². The summed E-state index contributed by atoms with van der Waals surface area (Å²) in [6, 6.07) is 4.03. The van der Waals surface area contributed by atoms with E-state index in [9.17, 15) is 19.4 Å². The van der Waals surface area contributed by atoms with Crippen LogP contribution in [0.4, 0.5) is 10.1 Å². The van der Waals surface area contributed by atoms with Gasteiger partial charge in [-0.1, -0.05) is 11.6 Å². The Labute approximate surface area is 226 Å². The first-order valence-electron chi connectivity index (χ1n) is 12.6. The van der Waals surface area contributed by atoms with Crippen LogP contribution in [0.1, 0.15) is 61.6 Å². The Hall–Kier alpha value is -2.95. The number of benzene rings is 1. The van der Waals surface area contributed by atoms with Gasteiger partial charge in [0.25, 0.3) is 5.91 Å². The summed E-state index contributed by atoms with van der Waals surface area (Å²) in [5.74, 6) is -0.304. The van der Waals surface area contributed by atoms with Crippen LogP contribution in [-0.4, -0.2) is 56.2 Å². The second kappa shape index (κ2) is 10.7. The number of fused-ring (bicyclic) bond motifs is 1. The van der Waals surface area contributed by atoms with Gasteiger partial charge in [0.1, 0.15) is 23.7 Å². The summed E-state index contributed by atoms with van der Waals surface area (Å²) in [5, 5.41) is 24.1. The summed E-state index contributed by atoms with van der Waals surface area (Å²) < 4.78 is 20.6. The molecule has 1 aromatic heterocycles. The highest BCUT2D eigenvalue weighted by atomic mass is 35.5. The first-order chi connectivity index (χ1) is 17.8. The number of nitrogens with zero attached hydrogens (tertiary/aromatic N) is 3. The third-order valence-corrected chi connectivity index (χ3v) is 7.66. The maximum Gasteiger partial charge on any atom is 0.274 e. The van der Waals surface area contributed by atoms with Crippen molar-refractivity contribution in [2.45, 2.75) is 56.7 Å². The molecule has 2 aromatic rings. The van der Waals surface area contributed by atoms with Crippen LogP contribution in [0.15, 0.2) is 41.5 Å². The molecule has 11 heteroatoms. The van der Waals surface area contributed by atoms with Gasteiger partial charge in [-0.25, -0.2) is 9.37 Å². The maximum absolute atomic E-state index is 13.5. The van der Waals surface area contributed by atoms with E-state index in [0.29, 0.717) is 35.6 Å². The number of amides is 1. The number of imidazole rings is 1. The third-order valence-electron chi connectivity index (χ3n) is 7.37. The molecule has 2 saturated carbocycles. The summed E-state index contributed by atoms with van der Waals surface area (Å²) in [4.78, 5) is 22.0. The number of aryl methyl sites for hydroxylation is 1. The van der Waals surface area contributed by atoms with Crippen LogP contribution in [0, 0.1) is 17.7 Å². The quantitative estimate of drug-likeness (QED) is 0.293. The molecule has 1 heterocycles. The molecule has 0 bridgehead atoms. The van der Waals surface area contributed by atoms with Crippen molar-refractivity contribution < 1.29 is 24.1 Å². The van der Waals surface area contributed by atoms with Crippen molar-refractivity contribution in [3.8, 4) is 0 Å². The Morgan fingerprint density at radius 3 is 2.63 bits per heavy atom. The second-order valence-corrected chi connectivity index (χ2v) is 11.5. The summed E-state index contributed by atoms with van der Waals surface area (Å²) >= 11 is 5.86. The van der Waals surface area contributed by atoms with E-state index in [1.54, 1.807) is 38.8 Å². The van der Waals surface area contributed by atoms with Gasteiger partial charge in [-0.15, -0.1) is 0 Å². The fourth-order valence-electron chi connectivity index (χ4n) is 5.73. The van der Waals surface area contributed by atoms with E-state index in [4.69, 9.17) is 22.1 Å². The van der Waals surface area contributed by atoms with Gasteiger partial charge in [-0.05, 0) is 69.6 Å². The second-order valence-electron chi connectivity index (χ2n) is 11.1. The lowest BCUT2D eigenvalue weighted by Gasteiger charge is -2.25. The number of carbonyl (C=O) groups is 1. The van der Waals surface area contributed by atoms with E-state index in [0.717, 1.165) is 12.8 Å². The van der Waals surface area contributed by atoms with Crippen LogP contribution in [0.3, 0.4) is 0 Å². The Kier molecular flexibility index (Phi) is 7.88. The number of nitrogens with two attached hydrogens (primary N) is 1. The predicted octanol–water partition coefficient (Wildman–Crippen LogP) is 3.76. The number of hydrogen-bond donors (Lipinski definition) is 4. The topological polar surface area (TPSA) is 135 Å². The van der Waals surface area contributed by atoms with Crippen molar-refractivity contribution in [1.82, 2.24) is 9.55 Å². The van der Waals surface area contributed by atoms with E-state index in [1.165, 1.54) is 24.3 Å². The number of ether oxygens (including phenoxy) is 1. The van der Waals surface area contributed by atoms with Gasteiger partial charge in [-0.2, -0.15) is 0 Å². The average Bonchev–Trinajstić information content (AvgIpc) is 3.49. The fourth-order valence-corrected chi connectivity index (χ4v) is 5.91. The van der Waals surface area contributed by atoms with Crippen molar-refractivity contribution in [2.75, 3.05) is 19.0 Å². The molecule has 4 rings (SSSR count). The standard InChI is InChI=1S/C27H35ClFN5O4/c1-26(2,36)13-38-22(30)10-21(31-3)27(37)11-16-7-15(8-17(16)12-27)23-24(34(4)14-32-23)25(35)33-18-5-6-20(29)19(28)9-18/h5-6,9-10,14-17,36-37H,7-8,11-13,30H2,1-4H3,(H,33,35)/t15?,16-,17+,27?. The van der Waals surface area contributed by atoms with Crippen LogP contribution in [0.25, 0.3) is 0 Å². The molecule has 38 heavy (non-hydrogen) atoms. The van der Waals surface area contributed by atoms with E-state index in [1.807, 2.05) is 0 Å². The number of aliphatic imine (C=N–C) groups is 1. The van der Waals surface area contributed by atoms with E-state index >= 15 is 0 Å². The van der Waals surface area contributed by atoms with Crippen molar-refractivity contribution in [3.05, 3.63) is 58.7 Å². The molecule has 2 fully saturated rings. The average molecular weight is 548 g/mol. The third kappa shape index (κ3) is 6.03. The number of nitrogens with one attached hydrogen (secondary N) is 1. The van der Waals surface area contributed by atoms with Gasteiger partial charge in [0.15, 0.2) is 5.88 Å². The normalized spacial score (nSPS) is 25.9. The molecule has 2 aliphatic rings. The molecule has 2 aliphatic carbocycles. The lowest BCUT2D eigenvalue weighted by molar-refractivity contribution is 0.00238. The van der Waals surface area contributed by atoms with Gasteiger partial charge in [0.2, 0.25) is 0 Å². The van der Waals surface area contributed by atoms with Crippen molar-refractivity contribution >= 4 is 28.9 Å². The minimum atomic E-state index is -1.13. The summed E-state index contributed by atoms with van der Waals surface area (Å²) in [7, 11) is 3.37. The minimum Gasteiger partial charge on any atom is -0.476 e. The molecule has 206 valence electrons. The van der Waals surface area contributed by atoms with E-state index < -0.39 is 17.0 Å². The zero-order chi connectivity index (χ0) is 27.8. The SMILES string of the molecule is CN=C(C=C(N)OCC(C)(C)O)C1(O)C[C@H]2CC(c3ncn(C)c3C(=O)Nc3ccc(F)c(Cl)c3)C[C@H]2C1. The lowest BCUT2D eigenvalue weighted by Crippen LogP contribution is -2.36. The summed E-state index contributed by atoms with van der Waals surface area (Å²) in [6.45, 7) is 3.25. The molecule has 0 aliphatic heterocycles. The number of hydrogen-bond acceptors (Lipinski definition) is 7. The Morgan fingerprint density at radius 2 is 2.05 bits per heavy atom. The van der Waals surface area contributed by atoms with Crippen LogP contribution < -0.4 is 11.1 Å². The largest absolute Gasteiger partial charge is 0.476 e.